The van der Waals surface area contributed by atoms with Gasteiger partial charge in [-0.15, -0.1) is 0 Å². The van der Waals surface area contributed by atoms with E-state index in [0.29, 0.717) is 21.2 Å². The molecular formula is C30H28O6P2. The predicted octanol–water partition coefficient (Wildman–Crippen LogP) is 0.460. The molecule has 0 saturated heterocycles. The van der Waals surface area contributed by atoms with Gasteiger partial charge < -0.3 is 30.0 Å². The fourth-order valence-corrected chi connectivity index (χ4v) is 14.4. The zero-order chi connectivity index (χ0) is 27.2. The highest BCUT2D eigenvalue weighted by atomic mass is 31.2. The monoisotopic (exact) mass is 546 g/mol. The summed E-state index contributed by atoms with van der Waals surface area (Å²) in [6.45, 7) is 0. The Hall–Kier alpha value is -3.40. The zero-order valence-corrected chi connectivity index (χ0v) is 22.3. The van der Waals surface area contributed by atoms with E-state index >= 15 is 0 Å². The van der Waals surface area contributed by atoms with Crippen LogP contribution in [0.25, 0.3) is 0 Å². The van der Waals surface area contributed by atoms with E-state index in [1.807, 2.05) is 0 Å². The number of aliphatic carboxylic acids is 2. The Labute approximate surface area is 222 Å². The summed E-state index contributed by atoms with van der Waals surface area (Å²) in [5, 5.41) is 49.9. The van der Waals surface area contributed by atoms with Crippen molar-refractivity contribution in [1.82, 2.24) is 0 Å². The van der Waals surface area contributed by atoms with Gasteiger partial charge in [-0.1, -0.05) is 72.8 Å². The Bertz CT molecular complexity index is 1160. The van der Waals surface area contributed by atoms with Gasteiger partial charge in [-0.2, -0.15) is 0 Å². The van der Waals surface area contributed by atoms with Crippen LogP contribution in [0.4, 0.5) is 0 Å². The van der Waals surface area contributed by atoms with Crippen molar-refractivity contribution < 1.29 is 30.0 Å². The summed E-state index contributed by atoms with van der Waals surface area (Å²) in [4.78, 5) is 24.6. The summed E-state index contributed by atoms with van der Waals surface area (Å²) in [5.41, 5.74) is 0. The molecule has 38 heavy (non-hydrogen) atoms. The van der Waals surface area contributed by atoms with Crippen LogP contribution in [0.5, 0.6) is 0 Å². The number of carboxylic acids is 2. The molecular weight excluding hydrogens is 518 g/mol. The molecule has 4 rings (SSSR count). The van der Waals surface area contributed by atoms with Crippen LogP contribution in [-0.2, 0) is 9.59 Å². The van der Waals surface area contributed by atoms with Crippen LogP contribution in [0.3, 0.4) is 0 Å². The van der Waals surface area contributed by atoms with Crippen LogP contribution in [0.1, 0.15) is 0 Å². The summed E-state index contributed by atoms with van der Waals surface area (Å²) >= 11 is 0. The third kappa shape index (κ3) is 5.14. The average molecular weight is 546 g/mol. The molecule has 0 aromatic heterocycles. The summed E-state index contributed by atoms with van der Waals surface area (Å²) < 4.78 is 0. The zero-order valence-electron chi connectivity index (χ0n) is 20.5. The lowest BCUT2D eigenvalue weighted by molar-refractivity contribution is -0.312. The molecule has 4 aromatic carbocycles. The van der Waals surface area contributed by atoms with Crippen molar-refractivity contribution in [3.8, 4) is 0 Å². The molecule has 2 unspecified atom stereocenters. The first kappa shape index (κ1) is 27.6. The maximum atomic E-state index is 12.3. The van der Waals surface area contributed by atoms with Gasteiger partial charge in [0.05, 0.1) is 0 Å². The van der Waals surface area contributed by atoms with Gasteiger partial charge in [0.15, 0.2) is 0 Å². The van der Waals surface area contributed by atoms with E-state index in [1.165, 1.54) is 0 Å². The Kier molecular flexibility index (Phi) is 8.71. The lowest BCUT2D eigenvalue weighted by Gasteiger charge is -2.36. The fourth-order valence-electron chi connectivity index (χ4n) is 5.08. The highest BCUT2D eigenvalue weighted by Crippen LogP contribution is 2.66. The van der Waals surface area contributed by atoms with Crippen molar-refractivity contribution in [3.63, 3.8) is 0 Å². The maximum absolute atomic E-state index is 12.3. The van der Waals surface area contributed by atoms with E-state index in [0.717, 1.165) is 0 Å². The SMILES string of the molecule is O=C([O-])C(O)[P+](CC[P+](c1ccccc1)(c1ccccc1)C(O)C(=O)[O-])(c1ccccc1)c1ccccc1. The molecule has 0 heterocycles. The van der Waals surface area contributed by atoms with Gasteiger partial charge in [-0.3, -0.25) is 0 Å². The van der Waals surface area contributed by atoms with E-state index in [9.17, 15) is 30.0 Å². The van der Waals surface area contributed by atoms with Crippen LogP contribution in [0, 0.1) is 0 Å². The van der Waals surface area contributed by atoms with Crippen molar-refractivity contribution in [2.45, 2.75) is 11.7 Å². The molecule has 0 amide bonds. The third-order valence-electron chi connectivity index (χ3n) is 6.93. The van der Waals surface area contributed by atoms with Crippen LogP contribution in [-0.4, -0.2) is 46.2 Å². The smallest absolute Gasteiger partial charge is 0.214 e. The Morgan fingerprint density at radius 3 is 0.895 bits per heavy atom. The number of hydrogen-bond acceptors (Lipinski definition) is 6. The molecule has 2 atom stereocenters. The van der Waals surface area contributed by atoms with E-state index < -0.39 is 38.2 Å². The number of hydrogen-bond donors (Lipinski definition) is 2. The van der Waals surface area contributed by atoms with Gasteiger partial charge in [0, 0.05) is 0 Å². The van der Waals surface area contributed by atoms with E-state index in [2.05, 4.69) is 0 Å². The molecule has 0 fully saturated rings. The fraction of sp³-hybridized carbons (Fsp3) is 0.133. The first-order valence-electron chi connectivity index (χ1n) is 12.1. The topological polar surface area (TPSA) is 121 Å². The summed E-state index contributed by atoms with van der Waals surface area (Å²) in [7, 11) is -6.32. The van der Waals surface area contributed by atoms with Gasteiger partial charge in [0.2, 0.25) is 11.7 Å². The van der Waals surface area contributed by atoms with Crippen molar-refractivity contribution >= 4 is 47.7 Å². The van der Waals surface area contributed by atoms with E-state index in [1.54, 1.807) is 121 Å². The normalized spacial score (nSPS) is 13.4. The number of aliphatic hydroxyl groups is 2. The Morgan fingerprint density at radius 2 is 0.711 bits per heavy atom. The minimum absolute atomic E-state index is 0.109. The average Bonchev–Trinajstić information content (AvgIpc) is 2.97. The molecule has 0 bridgehead atoms. The predicted molar refractivity (Wildman–Crippen MR) is 150 cm³/mol. The van der Waals surface area contributed by atoms with Gasteiger partial charge in [-0.25, -0.2) is 0 Å². The van der Waals surface area contributed by atoms with E-state index in [4.69, 9.17) is 0 Å². The molecule has 8 heteroatoms. The number of aliphatic hydroxyl groups excluding tert-OH is 2. The Morgan fingerprint density at radius 1 is 0.500 bits per heavy atom. The number of carbonyl (C=O) groups excluding carboxylic acids is 2. The minimum Gasteiger partial charge on any atom is -0.544 e. The largest absolute Gasteiger partial charge is 0.544 e. The number of carboxylic acid groups (broad SMARTS) is 2. The number of carbonyl (C=O) groups is 2. The molecule has 6 nitrogen and oxygen atoms in total. The first-order valence-corrected chi connectivity index (χ1v) is 16.2. The van der Waals surface area contributed by atoms with Crippen molar-refractivity contribution in [2.75, 3.05) is 12.3 Å². The van der Waals surface area contributed by atoms with Gasteiger partial charge >= 0.3 is 0 Å². The molecule has 2 N–H and O–H groups in total. The molecule has 4 aromatic rings. The van der Waals surface area contributed by atoms with Gasteiger partial charge in [-0.05, 0) is 48.5 Å². The van der Waals surface area contributed by atoms with Crippen LogP contribution in [0.2, 0.25) is 0 Å². The summed E-state index contributed by atoms with van der Waals surface area (Å²) in [6, 6.07) is 35.7. The Balaban J connectivity index is 1.99. The second kappa shape index (κ2) is 12.0. The molecule has 0 aliphatic rings. The lowest BCUT2D eigenvalue weighted by Crippen LogP contribution is -2.48. The highest BCUT2D eigenvalue weighted by Gasteiger charge is 2.57. The van der Waals surface area contributed by atoms with Crippen molar-refractivity contribution in [1.29, 1.82) is 0 Å². The summed E-state index contributed by atoms with van der Waals surface area (Å²) in [5.74, 6) is -6.90. The third-order valence-corrected chi connectivity index (χ3v) is 16.1. The van der Waals surface area contributed by atoms with Crippen LogP contribution in [0.15, 0.2) is 121 Å². The number of rotatable bonds is 11. The number of benzene rings is 4. The molecule has 0 aliphatic heterocycles. The summed E-state index contributed by atoms with van der Waals surface area (Å²) in [6.07, 6.45) is 0.218. The standard InChI is InChI=1S/C30H28O6P2/c31-27(32)29(35)37(23-13-5-1-6-14-23,24-15-7-2-8-16-24)21-22-38(30(36)28(33)34,25-17-9-3-10-18-25)26-19-11-4-12-20-26/h1-20,29-30,35-36H,21-22H2. The van der Waals surface area contributed by atoms with Gasteiger partial charge in [0.1, 0.15) is 60.0 Å². The van der Waals surface area contributed by atoms with Gasteiger partial charge in [0.25, 0.3) is 0 Å². The van der Waals surface area contributed by atoms with Crippen LogP contribution < -0.4 is 31.4 Å². The maximum Gasteiger partial charge on any atom is 0.214 e. The second-order valence-corrected chi connectivity index (χ2v) is 16.3. The molecule has 0 aliphatic carbocycles. The molecule has 194 valence electrons. The molecule has 0 saturated carbocycles. The molecule has 0 spiro atoms. The second-order valence-electron chi connectivity index (χ2n) is 8.91. The van der Waals surface area contributed by atoms with Crippen LogP contribution >= 0.6 is 14.5 Å². The minimum atomic E-state index is -3.16. The lowest BCUT2D eigenvalue weighted by atomic mass is 10.4. The quantitative estimate of drug-likeness (QED) is 0.264. The van der Waals surface area contributed by atoms with Crippen molar-refractivity contribution in [2.24, 2.45) is 0 Å². The molecule has 0 radical (unpaired) electrons. The highest BCUT2D eigenvalue weighted by molar-refractivity contribution is 7.94. The van der Waals surface area contributed by atoms with E-state index in [-0.39, 0.29) is 12.3 Å². The van der Waals surface area contributed by atoms with Crippen molar-refractivity contribution in [3.05, 3.63) is 121 Å². The first-order chi connectivity index (χ1) is 18.3.